The number of rotatable bonds is 34. The van der Waals surface area contributed by atoms with Crippen molar-refractivity contribution in [1.82, 2.24) is 4.90 Å². The van der Waals surface area contributed by atoms with E-state index < -0.39 is 0 Å². The average Bonchev–Trinajstić information content (AvgIpc) is 2.95. The summed E-state index contributed by atoms with van der Waals surface area (Å²) in [5.74, 6) is 0. The molecule has 0 aliphatic carbocycles. The normalized spacial score (nSPS) is 11.1. The van der Waals surface area contributed by atoms with Gasteiger partial charge >= 0.3 is 0 Å². The molecule has 0 N–H and O–H groups in total. The van der Waals surface area contributed by atoms with Crippen molar-refractivity contribution < 1.29 is 21.1 Å². The van der Waals surface area contributed by atoms with Gasteiger partial charge in [0.15, 0.2) is 0 Å². The molecule has 4 heteroatoms. The van der Waals surface area contributed by atoms with Crippen LogP contribution in [0.3, 0.4) is 0 Å². The van der Waals surface area contributed by atoms with E-state index in [1.54, 1.807) is 0 Å². The largest absolute Gasteiger partial charge is 0.411 e. The molecule has 0 spiro atoms. The van der Waals surface area contributed by atoms with Crippen molar-refractivity contribution in [1.29, 1.82) is 0 Å². The Hall–Kier alpha value is 0.798. The van der Waals surface area contributed by atoms with Crippen LogP contribution in [-0.4, -0.2) is 22.3 Å². The van der Waals surface area contributed by atoms with Crippen molar-refractivity contribution in [2.75, 3.05) is 13.1 Å². The minimum absolute atomic E-state index is 0. The summed E-state index contributed by atoms with van der Waals surface area (Å²) in [6, 6.07) is 0. The van der Waals surface area contributed by atoms with Crippen LogP contribution in [0.25, 0.3) is 0 Å². The van der Waals surface area contributed by atoms with Gasteiger partial charge in [0, 0.05) is 34.2 Å². The predicted molar refractivity (Wildman–Crippen MR) is 191 cm³/mol. The predicted octanol–water partition coefficient (Wildman–Crippen LogP) is 13.6. The van der Waals surface area contributed by atoms with Gasteiger partial charge in [0.1, 0.15) is 0 Å². The summed E-state index contributed by atoms with van der Waals surface area (Å²) in [6.07, 6.45) is 45.5. The van der Waals surface area contributed by atoms with Crippen LogP contribution >= 0.6 is 12.2 Å². The van der Waals surface area contributed by atoms with E-state index in [0.29, 0.717) is 4.32 Å². The molecule has 0 aromatic heterocycles. The van der Waals surface area contributed by atoms with E-state index in [-0.39, 0.29) is 21.1 Å². The first kappa shape index (κ1) is 43.9. The molecule has 0 aromatic carbocycles. The molecule has 0 rings (SSSR count). The van der Waals surface area contributed by atoms with E-state index >= 15 is 0 Å². The van der Waals surface area contributed by atoms with Crippen molar-refractivity contribution in [2.24, 2.45) is 0 Å². The Bertz CT molecular complexity index is 452. The van der Waals surface area contributed by atoms with Gasteiger partial charge in [-0.3, -0.25) is 0 Å². The molecule has 0 heterocycles. The van der Waals surface area contributed by atoms with Gasteiger partial charge in [0.05, 0.1) is 0 Å². The zero-order chi connectivity index (χ0) is 29.2. The van der Waals surface area contributed by atoms with Crippen molar-refractivity contribution in [3.63, 3.8) is 0 Å². The number of hydrogen-bond donors (Lipinski definition) is 0. The van der Waals surface area contributed by atoms with E-state index in [2.05, 4.69) is 18.7 Å². The molecule has 0 fully saturated rings. The number of hydrogen-bond acceptors (Lipinski definition) is 2. The average molecular weight is 693 g/mol. The maximum absolute atomic E-state index is 5.38. The van der Waals surface area contributed by atoms with Crippen LogP contribution in [0.15, 0.2) is 0 Å². The summed E-state index contributed by atoms with van der Waals surface area (Å²) in [6.45, 7) is 6.77. The summed E-state index contributed by atoms with van der Waals surface area (Å²) in [7, 11) is 0. The minimum atomic E-state index is 0. The van der Waals surface area contributed by atoms with Crippen molar-refractivity contribution in [2.45, 2.75) is 219 Å². The molecule has 0 unspecified atom stereocenters. The van der Waals surface area contributed by atoms with Crippen molar-refractivity contribution in [3.8, 4) is 0 Å². The number of thiocarbonyl (C=S) groups is 1. The molecule has 0 radical (unpaired) electrons. The second kappa shape index (κ2) is 38.8. The summed E-state index contributed by atoms with van der Waals surface area (Å²) in [5, 5.41) is 0. The van der Waals surface area contributed by atoms with E-state index in [1.807, 2.05) is 0 Å². The van der Waals surface area contributed by atoms with E-state index in [9.17, 15) is 0 Å². The Morgan fingerprint density at radius 3 is 0.707 bits per heavy atom. The summed E-state index contributed by atoms with van der Waals surface area (Å²) in [5.41, 5.74) is 0. The zero-order valence-electron chi connectivity index (χ0n) is 28.2. The van der Waals surface area contributed by atoms with Crippen LogP contribution in [0.2, 0.25) is 0 Å². The minimum Gasteiger partial charge on any atom is -0.411 e. The van der Waals surface area contributed by atoms with Crippen LogP contribution in [0.1, 0.15) is 219 Å². The van der Waals surface area contributed by atoms with Gasteiger partial charge in [-0.1, -0.05) is 211 Å². The van der Waals surface area contributed by atoms with Gasteiger partial charge in [0.2, 0.25) is 0 Å². The van der Waals surface area contributed by atoms with Crippen molar-refractivity contribution in [3.05, 3.63) is 0 Å². The Balaban J connectivity index is 0. The van der Waals surface area contributed by atoms with Crippen LogP contribution in [0, 0.1) is 0 Å². The molecular formula is C37H74MoNS2-. The first-order valence-corrected chi connectivity index (χ1v) is 19.5. The third-order valence-electron chi connectivity index (χ3n) is 8.82. The van der Waals surface area contributed by atoms with Crippen LogP contribution in [0.4, 0.5) is 0 Å². The summed E-state index contributed by atoms with van der Waals surface area (Å²) < 4.78 is 0.696. The van der Waals surface area contributed by atoms with Gasteiger partial charge < -0.3 is 29.7 Å². The van der Waals surface area contributed by atoms with Crippen LogP contribution in [-0.2, 0) is 33.7 Å². The SMILES string of the molecule is CCCCCCCCCCCCCCCCCCN(CCCCCCCCCCCCCCCCCC)C(=S)[S-].[Mo]. The molecule has 0 aliphatic heterocycles. The fourth-order valence-corrected chi connectivity index (χ4v) is 6.36. The molecule has 41 heavy (non-hydrogen) atoms. The first-order valence-electron chi connectivity index (χ1n) is 18.7. The van der Waals surface area contributed by atoms with Crippen molar-refractivity contribution >= 4 is 29.2 Å². The zero-order valence-corrected chi connectivity index (χ0v) is 31.9. The Kier molecular flexibility index (Phi) is 41.6. The number of nitrogens with zero attached hydrogens (tertiary/aromatic N) is 1. The molecule has 0 amide bonds. The van der Waals surface area contributed by atoms with Gasteiger partial charge in [0.25, 0.3) is 0 Å². The first-order chi connectivity index (χ1) is 19.7. The molecule has 0 saturated carbocycles. The molecule has 0 atom stereocenters. The third-order valence-corrected chi connectivity index (χ3v) is 9.34. The van der Waals surface area contributed by atoms with Gasteiger partial charge in [-0.05, 0) is 12.8 Å². The standard InChI is InChI=1S/C37H75NS2.Mo/c1-3-5-7-9-11-13-15-17-19-21-23-25-27-29-31-33-35-38(37(39)40)36-34-32-30-28-26-24-22-20-18-16-14-12-10-8-6-4-2;/h3-36H2,1-2H3,(H,39,40);/p-1. The number of unbranched alkanes of at least 4 members (excludes halogenated alkanes) is 30. The molecule has 1 nitrogen and oxygen atoms in total. The maximum Gasteiger partial charge on any atom is 0.0162 e. The molecule has 246 valence electrons. The molecule has 0 aliphatic rings. The van der Waals surface area contributed by atoms with Crippen LogP contribution < -0.4 is 0 Å². The monoisotopic (exact) mass is 694 g/mol. The molecule has 0 saturated heterocycles. The topological polar surface area (TPSA) is 3.24 Å². The Morgan fingerprint density at radius 1 is 0.366 bits per heavy atom. The Labute approximate surface area is 286 Å². The Morgan fingerprint density at radius 2 is 0.537 bits per heavy atom. The fraction of sp³-hybridized carbons (Fsp3) is 0.973. The molecule has 0 aromatic rings. The van der Waals surface area contributed by atoms with Crippen LogP contribution in [0.5, 0.6) is 0 Å². The van der Waals surface area contributed by atoms with Gasteiger partial charge in [-0.25, -0.2) is 0 Å². The maximum atomic E-state index is 5.38. The third kappa shape index (κ3) is 36.9. The molecular weight excluding hydrogens is 618 g/mol. The quantitative estimate of drug-likeness (QED) is 0.0286. The second-order valence-corrected chi connectivity index (χ2v) is 13.9. The smallest absolute Gasteiger partial charge is 0.0162 e. The second-order valence-electron chi connectivity index (χ2n) is 12.9. The summed E-state index contributed by atoms with van der Waals surface area (Å²) in [4.78, 5) is 2.30. The molecule has 0 bridgehead atoms. The van der Waals surface area contributed by atoms with E-state index in [1.165, 1.54) is 205 Å². The van der Waals surface area contributed by atoms with Gasteiger partial charge in [-0.2, -0.15) is 0 Å². The fourth-order valence-electron chi connectivity index (χ4n) is 6.00. The van der Waals surface area contributed by atoms with E-state index in [0.717, 1.165) is 13.1 Å². The summed E-state index contributed by atoms with van der Waals surface area (Å²) >= 11 is 10.8. The van der Waals surface area contributed by atoms with Gasteiger partial charge in [-0.15, -0.1) is 0 Å². The van der Waals surface area contributed by atoms with E-state index in [4.69, 9.17) is 24.8 Å².